The molecular formula is C13H25N3O3S. The lowest BCUT2D eigenvalue weighted by Crippen LogP contribution is -2.41. The van der Waals surface area contributed by atoms with Gasteiger partial charge < -0.3 is 15.5 Å². The highest BCUT2D eigenvalue weighted by atomic mass is 32.2. The van der Waals surface area contributed by atoms with Crippen molar-refractivity contribution in [1.29, 1.82) is 0 Å². The Morgan fingerprint density at radius 2 is 1.90 bits per heavy atom. The third-order valence-electron chi connectivity index (χ3n) is 4.25. The largest absolute Gasteiger partial charge is 0.338 e. The van der Waals surface area contributed by atoms with E-state index in [0.29, 0.717) is 25.4 Å². The predicted molar refractivity (Wildman–Crippen MR) is 78.4 cm³/mol. The topological polar surface area (TPSA) is 78.5 Å². The first-order valence-electron chi connectivity index (χ1n) is 7.43. The number of amides is 2. The summed E-state index contributed by atoms with van der Waals surface area (Å²) in [4.78, 5) is 14.1. The lowest BCUT2D eigenvalue weighted by Gasteiger charge is -2.15. The Kier molecular flexibility index (Phi) is 5.26. The highest BCUT2D eigenvalue weighted by molar-refractivity contribution is 7.91. The van der Waals surface area contributed by atoms with Crippen molar-refractivity contribution in [2.75, 3.05) is 44.2 Å². The van der Waals surface area contributed by atoms with E-state index in [0.717, 1.165) is 26.1 Å². The lowest BCUT2D eigenvalue weighted by atomic mass is 10.1. The van der Waals surface area contributed by atoms with Crippen molar-refractivity contribution < 1.29 is 13.2 Å². The van der Waals surface area contributed by atoms with Crippen molar-refractivity contribution in [2.45, 2.75) is 19.8 Å². The van der Waals surface area contributed by atoms with Crippen LogP contribution in [0.4, 0.5) is 4.79 Å². The van der Waals surface area contributed by atoms with Crippen molar-refractivity contribution in [3.63, 3.8) is 0 Å². The van der Waals surface area contributed by atoms with Gasteiger partial charge in [0.15, 0.2) is 9.84 Å². The molecule has 2 saturated heterocycles. The highest BCUT2D eigenvalue weighted by Crippen LogP contribution is 2.17. The van der Waals surface area contributed by atoms with Crippen molar-refractivity contribution in [2.24, 2.45) is 11.8 Å². The molecule has 116 valence electrons. The molecular weight excluding hydrogens is 278 g/mol. The molecule has 0 unspecified atom stereocenters. The molecule has 2 aliphatic rings. The zero-order valence-electron chi connectivity index (χ0n) is 12.1. The SMILES string of the molecule is CCN1CC[C@@H](CNC(=O)NC[C@H]2CCS(=O)(=O)C2)C1. The summed E-state index contributed by atoms with van der Waals surface area (Å²) in [5.74, 6) is 1.08. The summed E-state index contributed by atoms with van der Waals surface area (Å²) in [6.45, 7) is 6.54. The first kappa shape index (κ1) is 15.6. The lowest BCUT2D eigenvalue weighted by molar-refractivity contribution is 0.237. The number of hydrogen-bond acceptors (Lipinski definition) is 4. The summed E-state index contributed by atoms with van der Waals surface area (Å²) >= 11 is 0. The Hall–Kier alpha value is -0.820. The molecule has 2 heterocycles. The summed E-state index contributed by atoms with van der Waals surface area (Å²) in [6, 6.07) is -0.177. The average molecular weight is 303 g/mol. The summed E-state index contributed by atoms with van der Waals surface area (Å²) in [5.41, 5.74) is 0. The number of sulfone groups is 1. The van der Waals surface area contributed by atoms with E-state index in [2.05, 4.69) is 22.5 Å². The van der Waals surface area contributed by atoms with Gasteiger partial charge in [0.1, 0.15) is 0 Å². The Morgan fingerprint density at radius 3 is 2.45 bits per heavy atom. The number of nitrogens with one attached hydrogen (secondary N) is 2. The molecule has 20 heavy (non-hydrogen) atoms. The number of urea groups is 1. The average Bonchev–Trinajstić information content (AvgIpc) is 3.00. The minimum absolute atomic E-state index is 0.0767. The van der Waals surface area contributed by atoms with Crippen LogP contribution >= 0.6 is 0 Å². The smallest absolute Gasteiger partial charge is 0.314 e. The molecule has 0 aromatic heterocycles. The maximum Gasteiger partial charge on any atom is 0.314 e. The normalized spacial score (nSPS) is 29.4. The van der Waals surface area contributed by atoms with Crippen LogP contribution < -0.4 is 10.6 Å². The summed E-state index contributed by atoms with van der Waals surface area (Å²) in [6.07, 6.45) is 1.80. The maximum absolute atomic E-state index is 11.7. The molecule has 2 aliphatic heterocycles. The second-order valence-corrected chi connectivity index (χ2v) is 8.14. The van der Waals surface area contributed by atoms with Crippen LogP contribution in [-0.2, 0) is 9.84 Å². The Bertz CT molecular complexity index is 438. The molecule has 2 fully saturated rings. The molecule has 0 spiro atoms. The van der Waals surface area contributed by atoms with Crippen LogP contribution in [0.2, 0.25) is 0 Å². The van der Waals surface area contributed by atoms with Crippen LogP contribution in [0, 0.1) is 11.8 Å². The Labute approximate surface area is 121 Å². The molecule has 0 aromatic rings. The van der Waals surface area contributed by atoms with Crippen LogP contribution in [-0.4, -0.2) is 63.6 Å². The fraction of sp³-hybridized carbons (Fsp3) is 0.923. The number of likely N-dealkylation sites (tertiary alicyclic amines) is 1. The monoisotopic (exact) mass is 303 g/mol. The minimum Gasteiger partial charge on any atom is -0.338 e. The van der Waals surface area contributed by atoms with Gasteiger partial charge in [-0.25, -0.2) is 13.2 Å². The van der Waals surface area contributed by atoms with Crippen LogP contribution in [0.5, 0.6) is 0 Å². The Balaban J connectivity index is 1.59. The van der Waals surface area contributed by atoms with E-state index < -0.39 is 9.84 Å². The van der Waals surface area contributed by atoms with Gasteiger partial charge >= 0.3 is 6.03 Å². The van der Waals surface area contributed by atoms with Gasteiger partial charge in [-0.2, -0.15) is 0 Å². The van der Waals surface area contributed by atoms with E-state index in [9.17, 15) is 13.2 Å². The molecule has 0 saturated carbocycles. The highest BCUT2D eigenvalue weighted by Gasteiger charge is 2.28. The first-order valence-corrected chi connectivity index (χ1v) is 9.25. The van der Waals surface area contributed by atoms with Gasteiger partial charge in [0.05, 0.1) is 11.5 Å². The van der Waals surface area contributed by atoms with Gasteiger partial charge in [-0.1, -0.05) is 6.92 Å². The van der Waals surface area contributed by atoms with Crippen LogP contribution in [0.1, 0.15) is 19.8 Å². The van der Waals surface area contributed by atoms with E-state index in [1.807, 2.05) is 0 Å². The number of rotatable bonds is 5. The second-order valence-electron chi connectivity index (χ2n) is 5.91. The third-order valence-corrected chi connectivity index (χ3v) is 6.08. The van der Waals surface area contributed by atoms with Crippen molar-refractivity contribution in [1.82, 2.24) is 15.5 Å². The van der Waals surface area contributed by atoms with Gasteiger partial charge in [-0.3, -0.25) is 0 Å². The van der Waals surface area contributed by atoms with Crippen molar-refractivity contribution in [3.8, 4) is 0 Å². The molecule has 0 bridgehead atoms. The van der Waals surface area contributed by atoms with Crippen molar-refractivity contribution in [3.05, 3.63) is 0 Å². The van der Waals surface area contributed by atoms with Crippen LogP contribution in [0.3, 0.4) is 0 Å². The Morgan fingerprint density at radius 1 is 1.20 bits per heavy atom. The summed E-state index contributed by atoms with van der Waals surface area (Å²) < 4.78 is 22.6. The molecule has 2 N–H and O–H groups in total. The quantitative estimate of drug-likeness (QED) is 0.753. The third kappa shape index (κ3) is 4.63. The van der Waals surface area contributed by atoms with Gasteiger partial charge in [0.2, 0.25) is 0 Å². The minimum atomic E-state index is -2.86. The van der Waals surface area contributed by atoms with E-state index in [4.69, 9.17) is 0 Å². The van der Waals surface area contributed by atoms with Gasteiger partial charge in [0.25, 0.3) is 0 Å². The maximum atomic E-state index is 11.7. The fourth-order valence-electron chi connectivity index (χ4n) is 2.94. The number of hydrogen-bond donors (Lipinski definition) is 2. The predicted octanol–water partition coefficient (Wildman–Crippen LogP) is 0.0621. The number of carbonyl (C=O) groups excluding carboxylic acids is 1. The van der Waals surface area contributed by atoms with E-state index in [-0.39, 0.29) is 23.5 Å². The van der Waals surface area contributed by atoms with Crippen LogP contribution in [0.25, 0.3) is 0 Å². The summed E-state index contributed by atoms with van der Waals surface area (Å²) in [7, 11) is -2.86. The molecule has 2 atom stereocenters. The zero-order chi connectivity index (χ0) is 14.6. The zero-order valence-corrected chi connectivity index (χ0v) is 12.9. The molecule has 2 rings (SSSR count). The second kappa shape index (κ2) is 6.76. The molecule has 2 amide bonds. The number of nitrogens with zero attached hydrogens (tertiary/aromatic N) is 1. The van der Waals surface area contributed by atoms with Crippen LogP contribution in [0.15, 0.2) is 0 Å². The van der Waals surface area contributed by atoms with Gasteiger partial charge in [-0.15, -0.1) is 0 Å². The molecule has 7 heteroatoms. The van der Waals surface area contributed by atoms with E-state index in [1.165, 1.54) is 0 Å². The van der Waals surface area contributed by atoms with Gasteiger partial charge in [-0.05, 0) is 37.8 Å². The van der Waals surface area contributed by atoms with Gasteiger partial charge in [0, 0.05) is 19.6 Å². The van der Waals surface area contributed by atoms with Crippen molar-refractivity contribution >= 4 is 15.9 Å². The fourth-order valence-corrected chi connectivity index (χ4v) is 4.80. The standard InChI is InChI=1S/C13H25N3O3S/c1-2-16-5-3-11(9-16)7-14-13(17)15-8-12-4-6-20(18,19)10-12/h11-12H,2-10H2,1H3,(H2,14,15,17)/t11-,12+/m0/s1. The number of carbonyl (C=O) groups is 1. The summed E-state index contributed by atoms with van der Waals surface area (Å²) in [5, 5.41) is 5.67. The van der Waals surface area contributed by atoms with E-state index >= 15 is 0 Å². The molecule has 0 aromatic carbocycles. The first-order chi connectivity index (χ1) is 9.48. The van der Waals surface area contributed by atoms with E-state index in [1.54, 1.807) is 0 Å². The molecule has 6 nitrogen and oxygen atoms in total. The molecule has 0 radical (unpaired) electrons. The molecule has 0 aliphatic carbocycles.